The summed E-state index contributed by atoms with van der Waals surface area (Å²) in [6.45, 7) is 1.14. The lowest BCUT2D eigenvalue weighted by atomic mass is 10.2. The van der Waals surface area contributed by atoms with Crippen LogP contribution in [0, 0.1) is 0 Å². The van der Waals surface area contributed by atoms with Crippen molar-refractivity contribution in [1.82, 2.24) is 4.31 Å². The van der Waals surface area contributed by atoms with Crippen molar-refractivity contribution in [2.75, 3.05) is 13.1 Å². The van der Waals surface area contributed by atoms with Crippen LogP contribution in [0.25, 0.3) is 0 Å². The number of halogens is 1. The van der Waals surface area contributed by atoms with Crippen molar-refractivity contribution in [2.45, 2.75) is 18.2 Å². The van der Waals surface area contributed by atoms with Crippen LogP contribution >= 0.6 is 11.6 Å². The van der Waals surface area contributed by atoms with E-state index in [4.69, 9.17) is 17.3 Å². The van der Waals surface area contributed by atoms with Gasteiger partial charge in [-0.15, -0.1) is 0 Å². The van der Waals surface area contributed by atoms with Gasteiger partial charge in [-0.1, -0.05) is 23.7 Å². The van der Waals surface area contributed by atoms with Gasteiger partial charge in [0.15, 0.2) is 0 Å². The molecule has 2 rings (SSSR count). The number of sulfonamides is 1. The molecule has 0 saturated carbocycles. The van der Waals surface area contributed by atoms with Crippen molar-refractivity contribution in [3.05, 3.63) is 34.9 Å². The molecule has 1 aliphatic heterocycles. The second-order valence-electron chi connectivity index (χ2n) is 4.15. The van der Waals surface area contributed by atoms with Crippen LogP contribution in [0.4, 0.5) is 0 Å². The molecule has 0 bridgehead atoms. The fourth-order valence-corrected chi connectivity index (χ4v) is 3.86. The van der Waals surface area contributed by atoms with Crippen LogP contribution in [0.5, 0.6) is 0 Å². The van der Waals surface area contributed by atoms with E-state index in [-0.39, 0.29) is 6.54 Å². The molecular formula is C11H15ClN2O2S. The number of hydrogen-bond donors (Lipinski definition) is 1. The fraction of sp³-hybridized carbons (Fsp3) is 0.455. The minimum atomic E-state index is -3.21. The maximum Gasteiger partial charge on any atom is 0.218 e. The first kappa shape index (κ1) is 12.8. The smallest absolute Gasteiger partial charge is 0.218 e. The molecule has 4 nitrogen and oxygen atoms in total. The number of rotatable bonds is 3. The van der Waals surface area contributed by atoms with E-state index in [0.717, 1.165) is 5.56 Å². The molecule has 1 aromatic carbocycles. The Balaban J connectivity index is 2.13. The van der Waals surface area contributed by atoms with Gasteiger partial charge in [0.1, 0.15) is 0 Å². The third kappa shape index (κ3) is 2.63. The lowest BCUT2D eigenvalue weighted by Gasteiger charge is -2.16. The highest BCUT2D eigenvalue weighted by Crippen LogP contribution is 2.23. The van der Waals surface area contributed by atoms with Crippen LogP contribution in [0.15, 0.2) is 24.3 Å². The van der Waals surface area contributed by atoms with Gasteiger partial charge >= 0.3 is 0 Å². The molecule has 1 aromatic rings. The molecule has 17 heavy (non-hydrogen) atoms. The first-order chi connectivity index (χ1) is 8.04. The summed E-state index contributed by atoms with van der Waals surface area (Å²) < 4.78 is 25.5. The summed E-state index contributed by atoms with van der Waals surface area (Å²) in [4.78, 5) is 0. The molecule has 0 aromatic heterocycles. The molecule has 1 aliphatic rings. The van der Waals surface area contributed by atoms with Gasteiger partial charge in [0, 0.05) is 24.7 Å². The minimum absolute atomic E-state index is 0.194. The second-order valence-corrected chi connectivity index (χ2v) is 6.80. The summed E-state index contributed by atoms with van der Waals surface area (Å²) in [5.41, 5.74) is 6.40. The van der Waals surface area contributed by atoms with Gasteiger partial charge in [0.2, 0.25) is 10.0 Å². The lowest BCUT2D eigenvalue weighted by Crippen LogP contribution is -2.32. The summed E-state index contributed by atoms with van der Waals surface area (Å²) in [6.07, 6.45) is 0.617. The Kier molecular flexibility index (Phi) is 3.73. The maximum absolute atomic E-state index is 12.0. The van der Waals surface area contributed by atoms with E-state index in [0.29, 0.717) is 24.5 Å². The molecule has 6 heteroatoms. The monoisotopic (exact) mass is 274 g/mol. The van der Waals surface area contributed by atoms with E-state index in [1.807, 2.05) is 12.1 Å². The predicted octanol–water partition coefficient (Wildman–Crippen LogP) is 1.20. The molecule has 1 saturated heterocycles. The van der Waals surface area contributed by atoms with E-state index < -0.39 is 15.3 Å². The summed E-state index contributed by atoms with van der Waals surface area (Å²) in [5.74, 6) is 0. The van der Waals surface area contributed by atoms with Crippen LogP contribution in [-0.4, -0.2) is 31.1 Å². The molecular weight excluding hydrogens is 260 g/mol. The van der Waals surface area contributed by atoms with Crippen LogP contribution in [-0.2, 0) is 16.6 Å². The molecule has 1 heterocycles. The van der Waals surface area contributed by atoms with Crippen LogP contribution in [0.1, 0.15) is 12.0 Å². The summed E-state index contributed by atoms with van der Waals surface area (Å²) in [5, 5.41) is 0.229. The van der Waals surface area contributed by atoms with E-state index >= 15 is 0 Å². The Hall–Kier alpha value is -0.620. The zero-order chi connectivity index (χ0) is 12.5. The van der Waals surface area contributed by atoms with Gasteiger partial charge in [-0.3, -0.25) is 0 Å². The highest BCUT2D eigenvalue weighted by atomic mass is 35.5. The molecule has 0 aliphatic carbocycles. The molecule has 1 atom stereocenters. The molecule has 0 amide bonds. The topological polar surface area (TPSA) is 63.4 Å². The van der Waals surface area contributed by atoms with Crippen LogP contribution < -0.4 is 5.73 Å². The quantitative estimate of drug-likeness (QED) is 0.901. The standard InChI is InChI=1S/C11H15ClN2O2S/c12-10-3-1-9(2-4-10)8-14-6-5-11(7-13)17(14,15)16/h1-4,11H,5-8,13H2/t11-/m1/s1. The molecule has 0 radical (unpaired) electrons. The number of nitrogens with zero attached hydrogens (tertiary/aromatic N) is 1. The average molecular weight is 275 g/mol. The van der Waals surface area contributed by atoms with Crippen molar-refractivity contribution in [3.63, 3.8) is 0 Å². The highest BCUT2D eigenvalue weighted by Gasteiger charge is 2.37. The number of hydrogen-bond acceptors (Lipinski definition) is 3. The van der Waals surface area contributed by atoms with Crippen molar-refractivity contribution in [2.24, 2.45) is 5.73 Å². The number of nitrogens with two attached hydrogens (primary N) is 1. The lowest BCUT2D eigenvalue weighted by molar-refractivity contribution is 0.440. The van der Waals surface area contributed by atoms with Crippen molar-refractivity contribution >= 4 is 21.6 Å². The molecule has 2 N–H and O–H groups in total. The van der Waals surface area contributed by atoms with Crippen LogP contribution in [0.3, 0.4) is 0 Å². The Morgan fingerprint density at radius 2 is 2.00 bits per heavy atom. The van der Waals surface area contributed by atoms with Crippen molar-refractivity contribution in [3.8, 4) is 0 Å². The third-order valence-corrected chi connectivity index (χ3v) is 5.57. The van der Waals surface area contributed by atoms with E-state index in [1.165, 1.54) is 4.31 Å². The van der Waals surface area contributed by atoms with Gasteiger partial charge < -0.3 is 5.73 Å². The van der Waals surface area contributed by atoms with Gasteiger partial charge in [0.25, 0.3) is 0 Å². The van der Waals surface area contributed by atoms with E-state index in [2.05, 4.69) is 0 Å². The Morgan fingerprint density at radius 1 is 1.35 bits per heavy atom. The average Bonchev–Trinajstić information content (AvgIpc) is 2.57. The normalized spacial score (nSPS) is 24.0. The summed E-state index contributed by atoms with van der Waals surface area (Å²) in [6, 6.07) is 7.21. The predicted molar refractivity (Wildman–Crippen MR) is 68.2 cm³/mol. The number of benzene rings is 1. The Bertz CT molecular complexity index is 487. The zero-order valence-corrected chi connectivity index (χ0v) is 10.9. The second kappa shape index (κ2) is 4.94. The van der Waals surface area contributed by atoms with E-state index in [9.17, 15) is 8.42 Å². The molecule has 0 spiro atoms. The fourth-order valence-electron chi connectivity index (χ4n) is 1.98. The Morgan fingerprint density at radius 3 is 2.53 bits per heavy atom. The summed E-state index contributed by atoms with van der Waals surface area (Å²) >= 11 is 5.78. The Labute approximate surface area is 106 Å². The first-order valence-electron chi connectivity index (χ1n) is 5.47. The maximum atomic E-state index is 12.0. The molecule has 0 unspecified atom stereocenters. The minimum Gasteiger partial charge on any atom is -0.329 e. The third-order valence-electron chi connectivity index (χ3n) is 3.02. The van der Waals surface area contributed by atoms with Crippen molar-refractivity contribution in [1.29, 1.82) is 0 Å². The molecule has 1 fully saturated rings. The van der Waals surface area contributed by atoms with Crippen LogP contribution in [0.2, 0.25) is 5.02 Å². The largest absolute Gasteiger partial charge is 0.329 e. The van der Waals surface area contributed by atoms with Gasteiger partial charge in [0.05, 0.1) is 5.25 Å². The van der Waals surface area contributed by atoms with Gasteiger partial charge in [-0.05, 0) is 24.1 Å². The summed E-state index contributed by atoms with van der Waals surface area (Å²) in [7, 11) is -3.21. The highest BCUT2D eigenvalue weighted by molar-refractivity contribution is 7.90. The zero-order valence-electron chi connectivity index (χ0n) is 9.34. The van der Waals surface area contributed by atoms with E-state index in [1.54, 1.807) is 12.1 Å². The van der Waals surface area contributed by atoms with Gasteiger partial charge in [-0.2, -0.15) is 4.31 Å². The molecule has 94 valence electrons. The van der Waals surface area contributed by atoms with Gasteiger partial charge in [-0.25, -0.2) is 8.42 Å². The SMILES string of the molecule is NC[C@H]1CCN(Cc2ccc(Cl)cc2)S1(=O)=O. The van der Waals surface area contributed by atoms with Crippen molar-refractivity contribution < 1.29 is 8.42 Å². The first-order valence-corrected chi connectivity index (χ1v) is 7.35.